The summed E-state index contributed by atoms with van der Waals surface area (Å²) in [5, 5.41) is 22.6. The maximum absolute atomic E-state index is 14.8. The number of halogens is 1. The Kier molecular flexibility index (Phi) is 5.93. The Labute approximate surface area is 162 Å². The first kappa shape index (κ1) is 19.4. The van der Waals surface area contributed by atoms with Crippen molar-refractivity contribution in [3.8, 4) is 22.5 Å². The molecule has 0 fully saturated rings. The zero-order valence-corrected chi connectivity index (χ0v) is 16.4. The third kappa shape index (κ3) is 3.83. The summed E-state index contributed by atoms with van der Waals surface area (Å²) in [5.41, 5.74) is 2.27. The largest absolute Gasteiger partial charge is 0.370 e. The predicted molar refractivity (Wildman–Crippen MR) is 107 cm³/mol. The highest BCUT2D eigenvalue weighted by atomic mass is 19.1. The van der Waals surface area contributed by atoms with Gasteiger partial charge in [0.15, 0.2) is 11.6 Å². The lowest BCUT2D eigenvalue weighted by Gasteiger charge is -2.07. The van der Waals surface area contributed by atoms with E-state index in [2.05, 4.69) is 49.6 Å². The number of benzene rings is 1. The van der Waals surface area contributed by atoms with Crippen LogP contribution in [0.5, 0.6) is 0 Å². The van der Waals surface area contributed by atoms with Crippen LogP contribution in [-0.2, 0) is 7.05 Å². The lowest BCUT2D eigenvalue weighted by molar-refractivity contribution is 0.633. The second-order valence-electron chi connectivity index (χ2n) is 6.26. The molecule has 0 atom stereocenters. The van der Waals surface area contributed by atoms with Crippen LogP contribution >= 0.6 is 0 Å². The average Bonchev–Trinajstić information content (AvgIpc) is 3.37. The number of H-pyrrole nitrogens is 1. The molecule has 146 valence electrons. The normalized spacial score (nSPS) is 10.6. The second kappa shape index (κ2) is 8.55. The molecule has 4 rings (SSSR count). The van der Waals surface area contributed by atoms with Crippen molar-refractivity contribution in [1.82, 2.24) is 35.2 Å². The summed E-state index contributed by atoms with van der Waals surface area (Å²) < 4.78 is 16.4. The fourth-order valence-corrected chi connectivity index (χ4v) is 2.61. The molecule has 8 nitrogen and oxygen atoms in total. The molecule has 0 aliphatic heterocycles. The maximum Gasteiger partial charge on any atom is 0.184 e. The van der Waals surface area contributed by atoms with Gasteiger partial charge in [-0.1, -0.05) is 26.7 Å². The number of fused-ring (bicyclic) bond motifs is 1. The molecule has 0 bridgehead atoms. The van der Waals surface area contributed by atoms with Crippen LogP contribution in [0.1, 0.15) is 26.7 Å². The number of anilines is 1. The van der Waals surface area contributed by atoms with E-state index in [0.29, 0.717) is 39.2 Å². The molecule has 9 heteroatoms. The Morgan fingerprint density at radius 1 is 1.14 bits per heavy atom. The highest BCUT2D eigenvalue weighted by Gasteiger charge is 2.19. The second-order valence-corrected chi connectivity index (χ2v) is 6.26. The molecule has 0 spiro atoms. The van der Waals surface area contributed by atoms with Gasteiger partial charge in [0.1, 0.15) is 5.82 Å². The number of unbranched alkanes of at least 4 members (excludes halogenated alkanes) is 1. The van der Waals surface area contributed by atoms with E-state index in [9.17, 15) is 4.39 Å². The van der Waals surface area contributed by atoms with Crippen molar-refractivity contribution in [1.29, 1.82) is 0 Å². The van der Waals surface area contributed by atoms with Crippen molar-refractivity contribution in [2.24, 2.45) is 7.05 Å². The average molecular weight is 382 g/mol. The van der Waals surface area contributed by atoms with Crippen LogP contribution in [0, 0.1) is 5.82 Å². The number of hydrogen-bond donors (Lipinski definition) is 2. The fourth-order valence-electron chi connectivity index (χ4n) is 2.61. The van der Waals surface area contributed by atoms with Crippen LogP contribution < -0.4 is 5.32 Å². The molecule has 3 aromatic heterocycles. The van der Waals surface area contributed by atoms with Crippen LogP contribution in [0.15, 0.2) is 30.9 Å². The van der Waals surface area contributed by atoms with Gasteiger partial charge in [0.05, 0.1) is 24.1 Å². The number of hydrogen-bond acceptors (Lipinski definition) is 6. The SMILES string of the molecule is CCCC.CNc1cnc(-c2cc(F)c(-c3cnn(C)c3)c3cn[nH]c23)nn1. The van der Waals surface area contributed by atoms with Gasteiger partial charge in [0.2, 0.25) is 0 Å². The summed E-state index contributed by atoms with van der Waals surface area (Å²) in [7, 11) is 3.51. The molecule has 3 heterocycles. The number of rotatable bonds is 4. The molecule has 0 unspecified atom stereocenters. The molecule has 1 aromatic carbocycles. The Balaban J connectivity index is 0.000000516. The van der Waals surface area contributed by atoms with Crippen molar-refractivity contribution in [2.75, 3.05) is 12.4 Å². The smallest absolute Gasteiger partial charge is 0.184 e. The highest BCUT2D eigenvalue weighted by Crippen LogP contribution is 2.35. The van der Waals surface area contributed by atoms with Gasteiger partial charge in [0, 0.05) is 42.4 Å². The number of aromatic amines is 1. The summed E-state index contributed by atoms with van der Waals surface area (Å²) in [6.45, 7) is 4.36. The molecule has 0 aliphatic carbocycles. The Morgan fingerprint density at radius 3 is 2.50 bits per heavy atom. The van der Waals surface area contributed by atoms with Crippen molar-refractivity contribution >= 4 is 16.7 Å². The minimum absolute atomic E-state index is 0.319. The van der Waals surface area contributed by atoms with Crippen LogP contribution in [0.2, 0.25) is 0 Å². The van der Waals surface area contributed by atoms with Crippen molar-refractivity contribution in [3.05, 3.63) is 36.7 Å². The monoisotopic (exact) mass is 382 g/mol. The van der Waals surface area contributed by atoms with Gasteiger partial charge in [-0.15, -0.1) is 10.2 Å². The summed E-state index contributed by atoms with van der Waals surface area (Å²) in [6.07, 6.45) is 9.13. The number of nitrogens with one attached hydrogen (secondary N) is 2. The lowest BCUT2D eigenvalue weighted by Crippen LogP contribution is -1.99. The third-order valence-electron chi connectivity index (χ3n) is 4.24. The van der Waals surface area contributed by atoms with E-state index in [0.717, 1.165) is 0 Å². The van der Waals surface area contributed by atoms with E-state index >= 15 is 0 Å². The van der Waals surface area contributed by atoms with Crippen LogP contribution in [0.3, 0.4) is 0 Å². The molecular formula is C19H23FN8. The lowest BCUT2D eigenvalue weighted by atomic mass is 10.0. The number of nitrogens with zero attached hydrogens (tertiary/aromatic N) is 6. The van der Waals surface area contributed by atoms with Gasteiger partial charge in [0.25, 0.3) is 0 Å². The molecule has 0 saturated carbocycles. The summed E-state index contributed by atoms with van der Waals surface area (Å²) >= 11 is 0. The van der Waals surface area contributed by atoms with Gasteiger partial charge in [-0.05, 0) is 6.07 Å². The Bertz CT molecular complexity index is 1050. The Morgan fingerprint density at radius 2 is 1.93 bits per heavy atom. The van der Waals surface area contributed by atoms with E-state index < -0.39 is 5.82 Å². The quantitative estimate of drug-likeness (QED) is 0.557. The zero-order chi connectivity index (χ0) is 20.1. The van der Waals surface area contributed by atoms with Gasteiger partial charge >= 0.3 is 0 Å². The van der Waals surface area contributed by atoms with Crippen LogP contribution in [0.4, 0.5) is 10.2 Å². The fraction of sp³-hybridized carbons (Fsp3) is 0.316. The summed E-state index contributed by atoms with van der Waals surface area (Å²) in [4.78, 5) is 4.23. The molecule has 0 aliphatic rings. The first-order valence-corrected chi connectivity index (χ1v) is 9.11. The van der Waals surface area contributed by atoms with E-state index in [1.165, 1.54) is 25.1 Å². The molecule has 4 aromatic rings. The zero-order valence-electron chi connectivity index (χ0n) is 16.4. The van der Waals surface area contributed by atoms with Crippen molar-refractivity contribution in [2.45, 2.75) is 26.7 Å². The van der Waals surface area contributed by atoms with Crippen molar-refractivity contribution in [3.63, 3.8) is 0 Å². The van der Waals surface area contributed by atoms with Crippen LogP contribution in [-0.4, -0.2) is 42.2 Å². The topological polar surface area (TPSA) is 97.2 Å². The van der Waals surface area contributed by atoms with E-state index in [4.69, 9.17) is 0 Å². The summed E-state index contributed by atoms with van der Waals surface area (Å²) in [5.74, 6) is 0.458. The minimum Gasteiger partial charge on any atom is -0.370 e. The maximum atomic E-state index is 14.8. The first-order chi connectivity index (χ1) is 13.6. The van der Waals surface area contributed by atoms with E-state index in [-0.39, 0.29) is 0 Å². The van der Waals surface area contributed by atoms with Gasteiger partial charge in [-0.3, -0.25) is 9.78 Å². The van der Waals surface area contributed by atoms with Gasteiger partial charge in [-0.25, -0.2) is 9.37 Å². The van der Waals surface area contributed by atoms with Crippen molar-refractivity contribution < 1.29 is 4.39 Å². The van der Waals surface area contributed by atoms with E-state index in [1.807, 2.05) is 0 Å². The molecule has 0 amide bonds. The molecule has 0 radical (unpaired) electrons. The summed E-state index contributed by atoms with van der Waals surface area (Å²) in [6, 6.07) is 1.39. The molecule has 2 N–H and O–H groups in total. The standard InChI is InChI=1S/C15H13FN8.C4H10/c1-17-12-6-18-15(23-21-12)9-3-11(16)13(8-4-20-24(2)7-8)10-5-19-22-14(9)10;1-3-4-2/h3-7H,1-2H3,(H,17,21)(H,19,22);3-4H2,1-2H3. The minimum atomic E-state index is -0.395. The molecular weight excluding hydrogens is 359 g/mol. The highest BCUT2D eigenvalue weighted by molar-refractivity contribution is 6.01. The first-order valence-electron chi connectivity index (χ1n) is 9.11. The van der Waals surface area contributed by atoms with E-state index in [1.54, 1.807) is 37.4 Å². The number of aromatic nitrogens is 7. The van der Waals surface area contributed by atoms with Gasteiger partial charge < -0.3 is 5.32 Å². The Hall–Kier alpha value is -3.36. The van der Waals surface area contributed by atoms with Crippen LogP contribution in [0.25, 0.3) is 33.4 Å². The van der Waals surface area contributed by atoms with Gasteiger partial charge in [-0.2, -0.15) is 10.2 Å². The molecule has 28 heavy (non-hydrogen) atoms. The third-order valence-corrected chi connectivity index (χ3v) is 4.24. The predicted octanol–water partition coefficient (Wildman–Crippen LogP) is 3.80. The molecule has 0 saturated heterocycles. The number of aryl methyl sites for hydroxylation is 1.